The lowest BCUT2D eigenvalue weighted by atomic mass is 10.1. The maximum Gasteiger partial charge on any atom is 0.239 e. The van der Waals surface area contributed by atoms with E-state index in [0.717, 1.165) is 5.56 Å². The molecule has 88 valence electrons. The van der Waals surface area contributed by atoms with Gasteiger partial charge in [0.25, 0.3) is 0 Å². The molecule has 1 amide bonds. The number of hydrogen-bond donors (Lipinski definition) is 1. The molecule has 1 aromatic carbocycles. The van der Waals surface area contributed by atoms with Crippen LogP contribution in [0, 0.1) is 0 Å². The number of amides is 1. The Bertz CT molecular complexity index is 496. The lowest BCUT2D eigenvalue weighted by Crippen LogP contribution is -2.13. The van der Waals surface area contributed by atoms with Crippen molar-refractivity contribution in [2.75, 3.05) is 11.2 Å². The zero-order chi connectivity index (χ0) is 12.1. The lowest BCUT2D eigenvalue weighted by Gasteiger charge is -2.02. The number of aromatic nitrogens is 1. The molecule has 17 heavy (non-hydrogen) atoms. The monoisotopic (exact) mass is 250 g/mol. The van der Waals surface area contributed by atoms with Crippen LogP contribution in [-0.2, 0) is 11.2 Å². The standard InChI is InChI=1S/C12H11ClN2O2/c13-7-12(16)15-10-8-14-17-11(10)6-9-4-2-1-3-5-9/h1-5,8H,6-7H2,(H,15,16). The van der Waals surface area contributed by atoms with Gasteiger partial charge in [-0.1, -0.05) is 35.5 Å². The van der Waals surface area contributed by atoms with Gasteiger partial charge in [0.1, 0.15) is 11.6 Å². The Balaban J connectivity index is 2.12. The molecule has 0 saturated heterocycles. The number of anilines is 1. The highest BCUT2D eigenvalue weighted by Gasteiger charge is 2.11. The van der Waals surface area contributed by atoms with Gasteiger partial charge in [0.05, 0.1) is 6.20 Å². The van der Waals surface area contributed by atoms with Gasteiger partial charge in [-0.05, 0) is 5.56 Å². The number of hydrogen-bond acceptors (Lipinski definition) is 3. The lowest BCUT2D eigenvalue weighted by molar-refractivity contribution is -0.113. The molecule has 0 bridgehead atoms. The predicted octanol–water partition coefficient (Wildman–Crippen LogP) is 2.44. The molecule has 0 spiro atoms. The van der Waals surface area contributed by atoms with Crippen LogP contribution in [0.1, 0.15) is 11.3 Å². The van der Waals surface area contributed by atoms with Crippen LogP contribution in [-0.4, -0.2) is 16.9 Å². The highest BCUT2D eigenvalue weighted by molar-refractivity contribution is 6.29. The summed E-state index contributed by atoms with van der Waals surface area (Å²) in [7, 11) is 0. The first-order valence-electron chi connectivity index (χ1n) is 5.13. The Kier molecular flexibility index (Phi) is 3.77. The minimum absolute atomic E-state index is 0.0873. The molecule has 2 rings (SSSR count). The molecule has 0 aliphatic heterocycles. The van der Waals surface area contributed by atoms with E-state index in [0.29, 0.717) is 17.9 Å². The van der Waals surface area contributed by atoms with Gasteiger partial charge in [0.2, 0.25) is 5.91 Å². The van der Waals surface area contributed by atoms with Crippen LogP contribution in [0.5, 0.6) is 0 Å². The number of rotatable bonds is 4. The van der Waals surface area contributed by atoms with E-state index >= 15 is 0 Å². The second kappa shape index (κ2) is 5.50. The number of halogens is 1. The van der Waals surface area contributed by atoms with E-state index in [1.54, 1.807) is 0 Å². The first-order chi connectivity index (χ1) is 8.29. The van der Waals surface area contributed by atoms with E-state index in [1.165, 1.54) is 6.20 Å². The highest BCUT2D eigenvalue weighted by atomic mass is 35.5. The van der Waals surface area contributed by atoms with Crippen molar-refractivity contribution < 1.29 is 9.32 Å². The Morgan fingerprint density at radius 2 is 2.12 bits per heavy atom. The summed E-state index contributed by atoms with van der Waals surface area (Å²) in [4.78, 5) is 11.2. The highest BCUT2D eigenvalue weighted by Crippen LogP contribution is 2.18. The average Bonchev–Trinajstić information content (AvgIpc) is 2.78. The van der Waals surface area contributed by atoms with E-state index in [-0.39, 0.29) is 11.8 Å². The van der Waals surface area contributed by atoms with Gasteiger partial charge in [-0.3, -0.25) is 4.79 Å². The Hall–Kier alpha value is -1.81. The van der Waals surface area contributed by atoms with E-state index in [1.807, 2.05) is 30.3 Å². The number of benzene rings is 1. The zero-order valence-electron chi connectivity index (χ0n) is 9.02. The number of nitrogens with one attached hydrogen (secondary N) is 1. The molecule has 5 heteroatoms. The maximum atomic E-state index is 11.2. The largest absolute Gasteiger partial charge is 0.359 e. The normalized spacial score (nSPS) is 10.2. The Morgan fingerprint density at radius 3 is 2.82 bits per heavy atom. The number of alkyl halides is 1. The van der Waals surface area contributed by atoms with Crippen molar-refractivity contribution in [1.29, 1.82) is 0 Å². The SMILES string of the molecule is O=C(CCl)Nc1cnoc1Cc1ccccc1. The van der Waals surface area contributed by atoms with Crippen molar-refractivity contribution in [3.05, 3.63) is 47.9 Å². The van der Waals surface area contributed by atoms with Gasteiger partial charge >= 0.3 is 0 Å². The minimum atomic E-state index is -0.274. The van der Waals surface area contributed by atoms with Crippen LogP contribution >= 0.6 is 11.6 Å². The van der Waals surface area contributed by atoms with Crippen LogP contribution in [0.3, 0.4) is 0 Å². The molecule has 0 unspecified atom stereocenters. The summed E-state index contributed by atoms with van der Waals surface area (Å²) in [6, 6.07) is 9.80. The molecule has 0 aliphatic carbocycles. The van der Waals surface area contributed by atoms with Gasteiger partial charge in [0, 0.05) is 6.42 Å². The Morgan fingerprint density at radius 1 is 1.35 bits per heavy atom. The number of nitrogens with zero attached hydrogens (tertiary/aromatic N) is 1. The smallest absolute Gasteiger partial charge is 0.239 e. The van der Waals surface area contributed by atoms with E-state index in [4.69, 9.17) is 16.1 Å². The summed E-state index contributed by atoms with van der Waals surface area (Å²) in [5, 5.41) is 6.31. The molecule has 0 saturated carbocycles. The van der Waals surface area contributed by atoms with Crippen molar-refractivity contribution in [1.82, 2.24) is 5.16 Å². The summed E-state index contributed by atoms with van der Waals surface area (Å²) < 4.78 is 5.11. The summed E-state index contributed by atoms with van der Waals surface area (Å²) in [6.45, 7) is 0. The third kappa shape index (κ3) is 3.07. The molecular formula is C12H11ClN2O2. The molecule has 2 aromatic rings. The number of carbonyl (C=O) groups excluding carboxylic acids is 1. The van der Waals surface area contributed by atoms with Crippen LogP contribution in [0.4, 0.5) is 5.69 Å². The van der Waals surface area contributed by atoms with Crippen molar-refractivity contribution in [2.45, 2.75) is 6.42 Å². The van der Waals surface area contributed by atoms with Crippen molar-refractivity contribution in [3.63, 3.8) is 0 Å². The molecule has 0 atom stereocenters. The molecule has 1 N–H and O–H groups in total. The van der Waals surface area contributed by atoms with Crippen LogP contribution in [0.2, 0.25) is 0 Å². The fraction of sp³-hybridized carbons (Fsp3) is 0.167. The average molecular weight is 251 g/mol. The third-order valence-electron chi connectivity index (χ3n) is 2.25. The minimum Gasteiger partial charge on any atom is -0.359 e. The van der Waals surface area contributed by atoms with E-state index in [2.05, 4.69) is 10.5 Å². The van der Waals surface area contributed by atoms with Crippen LogP contribution in [0.15, 0.2) is 41.1 Å². The molecular weight excluding hydrogens is 240 g/mol. The summed E-state index contributed by atoms with van der Waals surface area (Å²) in [6.07, 6.45) is 2.06. The fourth-order valence-corrected chi connectivity index (χ4v) is 1.53. The fourth-order valence-electron chi connectivity index (χ4n) is 1.46. The van der Waals surface area contributed by atoms with Crippen molar-refractivity contribution >= 4 is 23.2 Å². The quantitative estimate of drug-likeness (QED) is 0.848. The van der Waals surface area contributed by atoms with Gasteiger partial charge in [-0.15, -0.1) is 11.6 Å². The van der Waals surface area contributed by atoms with Gasteiger partial charge in [-0.25, -0.2) is 0 Å². The van der Waals surface area contributed by atoms with E-state index < -0.39 is 0 Å². The molecule has 1 heterocycles. The summed E-state index contributed by atoms with van der Waals surface area (Å²) in [5.41, 5.74) is 1.66. The van der Waals surface area contributed by atoms with Crippen molar-refractivity contribution in [2.24, 2.45) is 0 Å². The predicted molar refractivity (Wildman–Crippen MR) is 65.1 cm³/mol. The van der Waals surface area contributed by atoms with Crippen LogP contribution < -0.4 is 5.32 Å². The molecule has 4 nitrogen and oxygen atoms in total. The second-order valence-corrected chi connectivity index (χ2v) is 3.77. The third-order valence-corrected chi connectivity index (χ3v) is 2.49. The molecule has 1 aromatic heterocycles. The van der Waals surface area contributed by atoms with Crippen molar-refractivity contribution in [3.8, 4) is 0 Å². The molecule has 0 fully saturated rings. The van der Waals surface area contributed by atoms with E-state index in [9.17, 15) is 4.79 Å². The first-order valence-corrected chi connectivity index (χ1v) is 5.66. The second-order valence-electron chi connectivity index (χ2n) is 3.51. The summed E-state index contributed by atoms with van der Waals surface area (Å²) in [5.74, 6) is 0.259. The van der Waals surface area contributed by atoms with Gasteiger partial charge in [0.15, 0.2) is 5.76 Å². The van der Waals surface area contributed by atoms with Gasteiger partial charge in [-0.2, -0.15) is 0 Å². The number of carbonyl (C=O) groups is 1. The molecule has 0 radical (unpaired) electrons. The van der Waals surface area contributed by atoms with Gasteiger partial charge < -0.3 is 9.84 Å². The molecule has 0 aliphatic rings. The first kappa shape index (κ1) is 11.7. The topological polar surface area (TPSA) is 55.1 Å². The Labute approximate surface area is 104 Å². The zero-order valence-corrected chi connectivity index (χ0v) is 9.78. The van der Waals surface area contributed by atoms with Crippen LogP contribution in [0.25, 0.3) is 0 Å². The summed E-state index contributed by atoms with van der Waals surface area (Å²) >= 11 is 5.42. The maximum absolute atomic E-state index is 11.2.